The Morgan fingerprint density at radius 3 is 2.19 bits per heavy atom. The van der Waals surface area contributed by atoms with E-state index >= 15 is 0 Å². The fourth-order valence-electron chi connectivity index (χ4n) is 2.17. The zero-order valence-electron chi connectivity index (χ0n) is 15.4. The molecule has 0 saturated heterocycles. The minimum atomic E-state index is -3.53. The van der Waals surface area contributed by atoms with Gasteiger partial charge in [0.05, 0.1) is 17.9 Å². The van der Waals surface area contributed by atoms with Crippen molar-refractivity contribution in [2.45, 2.75) is 31.6 Å². The maximum Gasteiger partial charge on any atom is 0.306 e. The highest BCUT2D eigenvalue weighted by molar-refractivity contribution is 7.89. The molecule has 1 aromatic rings. The number of carbonyl (C=O) groups is 2. The topological polar surface area (TPSA) is 102 Å². The molecule has 1 aromatic carbocycles. The van der Waals surface area contributed by atoms with Crippen molar-refractivity contribution in [3.63, 3.8) is 0 Å². The number of ether oxygens (including phenoxy) is 2. The summed E-state index contributed by atoms with van der Waals surface area (Å²) in [5, 5.41) is 2.62. The van der Waals surface area contributed by atoms with Crippen LogP contribution in [0.25, 0.3) is 0 Å². The van der Waals surface area contributed by atoms with Crippen LogP contribution in [-0.4, -0.2) is 58.0 Å². The van der Waals surface area contributed by atoms with Gasteiger partial charge in [-0.05, 0) is 24.3 Å². The number of carbonyl (C=O) groups excluding carboxylic acids is 2. The quantitative estimate of drug-likeness (QED) is 0.458. The molecule has 8 nitrogen and oxygen atoms in total. The molecular formula is C17H26N2O6S. The summed E-state index contributed by atoms with van der Waals surface area (Å²) in [4.78, 5) is 23.4. The number of nitrogens with zero attached hydrogens (tertiary/aromatic N) is 1. The largest absolute Gasteiger partial charge is 0.463 e. The van der Waals surface area contributed by atoms with Crippen LogP contribution in [0.3, 0.4) is 0 Å². The fourth-order valence-corrected chi connectivity index (χ4v) is 3.63. The third-order valence-corrected chi connectivity index (χ3v) is 5.65. The molecule has 0 bridgehead atoms. The third kappa shape index (κ3) is 6.74. The lowest BCUT2D eigenvalue weighted by Crippen LogP contribution is -2.30. The van der Waals surface area contributed by atoms with E-state index in [-0.39, 0.29) is 30.3 Å². The van der Waals surface area contributed by atoms with E-state index in [9.17, 15) is 18.0 Å². The van der Waals surface area contributed by atoms with Gasteiger partial charge in [-0.15, -0.1) is 0 Å². The number of hydrogen-bond donors (Lipinski definition) is 1. The summed E-state index contributed by atoms with van der Waals surface area (Å²) in [6.07, 6.45) is -0.0602. The number of benzene rings is 1. The lowest BCUT2D eigenvalue weighted by molar-refractivity contribution is -0.145. The summed E-state index contributed by atoms with van der Waals surface area (Å²) in [7, 11) is -2.03. The number of sulfonamides is 1. The van der Waals surface area contributed by atoms with Gasteiger partial charge >= 0.3 is 5.97 Å². The highest BCUT2D eigenvalue weighted by atomic mass is 32.2. The van der Waals surface area contributed by atoms with Crippen LogP contribution in [0.15, 0.2) is 29.2 Å². The van der Waals surface area contributed by atoms with Crippen LogP contribution in [0.5, 0.6) is 0 Å². The number of amides is 1. The molecule has 9 heteroatoms. The molecule has 1 rings (SSSR count). The van der Waals surface area contributed by atoms with Crippen LogP contribution < -0.4 is 5.32 Å². The van der Waals surface area contributed by atoms with Crippen molar-refractivity contribution in [2.75, 3.05) is 38.7 Å². The molecule has 26 heavy (non-hydrogen) atoms. The fraction of sp³-hybridized carbons (Fsp3) is 0.529. The molecule has 1 amide bonds. The van der Waals surface area contributed by atoms with Gasteiger partial charge in [-0.3, -0.25) is 9.59 Å². The van der Waals surface area contributed by atoms with E-state index < -0.39 is 16.0 Å². The smallest absolute Gasteiger partial charge is 0.306 e. The second-order valence-electron chi connectivity index (χ2n) is 5.38. The molecule has 0 spiro atoms. The molecule has 0 aliphatic heterocycles. The number of methoxy groups -OCH3 is 1. The van der Waals surface area contributed by atoms with Crippen LogP contribution in [0, 0.1) is 0 Å². The van der Waals surface area contributed by atoms with Gasteiger partial charge in [0.25, 0.3) is 0 Å². The molecular weight excluding hydrogens is 360 g/mol. The van der Waals surface area contributed by atoms with Crippen molar-refractivity contribution in [2.24, 2.45) is 0 Å². The van der Waals surface area contributed by atoms with Crippen LogP contribution in [0.4, 0.5) is 5.69 Å². The van der Waals surface area contributed by atoms with E-state index in [2.05, 4.69) is 5.32 Å². The van der Waals surface area contributed by atoms with E-state index in [4.69, 9.17) is 9.47 Å². The number of nitrogens with one attached hydrogen (secondary N) is 1. The van der Waals surface area contributed by atoms with Crippen LogP contribution in [-0.2, 0) is 29.1 Å². The molecule has 0 saturated carbocycles. The van der Waals surface area contributed by atoms with Gasteiger partial charge in [0.2, 0.25) is 15.9 Å². The Hall–Kier alpha value is -1.97. The Kier molecular flexibility index (Phi) is 9.25. The molecule has 0 aliphatic rings. The summed E-state index contributed by atoms with van der Waals surface area (Å²) in [6, 6.07) is 5.93. The Morgan fingerprint density at radius 1 is 1.04 bits per heavy atom. The molecule has 0 radical (unpaired) electrons. The van der Waals surface area contributed by atoms with E-state index in [0.717, 1.165) is 0 Å². The number of hydrogen-bond acceptors (Lipinski definition) is 6. The average Bonchev–Trinajstić information content (AvgIpc) is 2.61. The van der Waals surface area contributed by atoms with E-state index in [1.54, 1.807) is 13.8 Å². The predicted molar refractivity (Wildman–Crippen MR) is 97.2 cm³/mol. The monoisotopic (exact) mass is 386 g/mol. The van der Waals surface area contributed by atoms with Crippen molar-refractivity contribution < 1.29 is 27.5 Å². The lowest BCUT2D eigenvalue weighted by atomic mass is 10.2. The molecule has 0 aliphatic carbocycles. The van der Waals surface area contributed by atoms with Gasteiger partial charge in [0.1, 0.15) is 6.61 Å². The SMILES string of the molecule is CCN(CC)S(=O)(=O)c1ccc(NC(=O)CCC(=O)OCCOC)cc1. The van der Waals surface area contributed by atoms with Gasteiger partial charge in [-0.2, -0.15) is 4.31 Å². The molecule has 146 valence electrons. The predicted octanol–water partition coefficient (Wildman–Crippen LogP) is 1.63. The second-order valence-corrected chi connectivity index (χ2v) is 7.31. The zero-order chi connectivity index (χ0) is 19.6. The first-order chi connectivity index (χ1) is 12.3. The molecule has 0 atom stereocenters. The van der Waals surface area contributed by atoms with Gasteiger partial charge in [-0.1, -0.05) is 13.8 Å². The lowest BCUT2D eigenvalue weighted by Gasteiger charge is -2.18. The van der Waals surface area contributed by atoms with Crippen LogP contribution in [0.2, 0.25) is 0 Å². The second kappa shape index (κ2) is 10.9. The van der Waals surface area contributed by atoms with Crippen molar-refractivity contribution in [3.05, 3.63) is 24.3 Å². The summed E-state index contributed by atoms with van der Waals surface area (Å²) >= 11 is 0. The zero-order valence-corrected chi connectivity index (χ0v) is 16.2. The van der Waals surface area contributed by atoms with Gasteiger partial charge in [0, 0.05) is 32.3 Å². The Balaban J connectivity index is 2.56. The molecule has 0 aromatic heterocycles. The summed E-state index contributed by atoms with van der Waals surface area (Å²) in [5.74, 6) is -0.828. The molecule has 1 N–H and O–H groups in total. The van der Waals surface area contributed by atoms with Gasteiger partial charge in [-0.25, -0.2) is 8.42 Å². The van der Waals surface area contributed by atoms with Gasteiger partial charge < -0.3 is 14.8 Å². The first-order valence-corrected chi connectivity index (χ1v) is 9.83. The molecule has 0 heterocycles. The minimum absolute atomic E-state index is 0.0225. The molecule has 0 unspecified atom stereocenters. The average molecular weight is 386 g/mol. The maximum absolute atomic E-state index is 12.4. The van der Waals surface area contributed by atoms with E-state index in [1.807, 2.05) is 0 Å². The van der Waals surface area contributed by atoms with Crippen LogP contribution in [0.1, 0.15) is 26.7 Å². The van der Waals surface area contributed by atoms with Gasteiger partial charge in [0.15, 0.2) is 0 Å². The molecule has 0 fully saturated rings. The first kappa shape index (κ1) is 22.1. The van der Waals surface area contributed by atoms with Crippen molar-refractivity contribution >= 4 is 27.6 Å². The highest BCUT2D eigenvalue weighted by Gasteiger charge is 2.21. The van der Waals surface area contributed by atoms with Crippen molar-refractivity contribution in [1.29, 1.82) is 0 Å². The van der Waals surface area contributed by atoms with E-state index in [1.165, 1.54) is 35.7 Å². The summed E-state index contributed by atoms with van der Waals surface area (Å²) in [6.45, 7) is 4.78. The number of anilines is 1. The van der Waals surface area contributed by atoms with E-state index in [0.29, 0.717) is 25.4 Å². The minimum Gasteiger partial charge on any atom is -0.463 e. The maximum atomic E-state index is 12.4. The van der Waals surface area contributed by atoms with Crippen molar-refractivity contribution in [1.82, 2.24) is 4.31 Å². The highest BCUT2D eigenvalue weighted by Crippen LogP contribution is 2.18. The number of esters is 1. The summed E-state index contributed by atoms with van der Waals surface area (Å²) in [5.41, 5.74) is 0.459. The Morgan fingerprint density at radius 2 is 1.65 bits per heavy atom. The standard InChI is InChI=1S/C17H26N2O6S/c1-4-19(5-2)26(22,23)15-8-6-14(7-9-15)18-16(20)10-11-17(21)25-13-12-24-3/h6-9H,4-5,10-13H2,1-3H3,(H,18,20). The Bertz CT molecular complexity index is 684. The van der Waals surface area contributed by atoms with Crippen LogP contribution >= 0.6 is 0 Å². The summed E-state index contributed by atoms with van der Waals surface area (Å²) < 4.78 is 35.8. The Labute approximate surface area is 154 Å². The number of rotatable bonds is 11. The first-order valence-electron chi connectivity index (χ1n) is 8.39. The third-order valence-electron chi connectivity index (χ3n) is 3.59. The van der Waals surface area contributed by atoms with Crippen molar-refractivity contribution in [3.8, 4) is 0 Å². The normalized spacial score (nSPS) is 11.4.